The molecule has 1 aromatic carbocycles. The first-order valence-corrected chi connectivity index (χ1v) is 9.52. The Morgan fingerprint density at radius 1 is 1.33 bits per heavy atom. The molecule has 2 amide bonds. The average Bonchev–Trinajstić information content (AvgIpc) is 2.73. The molecule has 3 rings (SSSR count). The van der Waals surface area contributed by atoms with Crippen molar-refractivity contribution in [3.05, 3.63) is 53.2 Å². The number of aryl methyl sites for hydroxylation is 1. The van der Waals surface area contributed by atoms with E-state index >= 15 is 0 Å². The van der Waals surface area contributed by atoms with Crippen molar-refractivity contribution in [1.29, 1.82) is 0 Å². The molecule has 2 heterocycles. The monoisotopic (exact) mass is 431 g/mol. The first-order chi connectivity index (χ1) is 14.0. The summed E-state index contributed by atoms with van der Waals surface area (Å²) in [6.07, 6.45) is 6.00. The van der Waals surface area contributed by atoms with Gasteiger partial charge >= 0.3 is 0 Å². The van der Waals surface area contributed by atoms with Gasteiger partial charge in [0, 0.05) is 37.8 Å². The summed E-state index contributed by atoms with van der Waals surface area (Å²) in [5.41, 5.74) is 2.67. The van der Waals surface area contributed by atoms with Crippen molar-refractivity contribution >= 4 is 36.1 Å². The van der Waals surface area contributed by atoms with E-state index in [1.807, 2.05) is 31.2 Å². The molecular weight excluding hydrogens is 406 g/mol. The predicted octanol–water partition coefficient (Wildman–Crippen LogP) is 3.47. The van der Waals surface area contributed by atoms with E-state index in [2.05, 4.69) is 10.3 Å². The van der Waals surface area contributed by atoms with Crippen LogP contribution in [-0.2, 0) is 22.6 Å². The number of carbonyl (C=O) groups excluding carboxylic acids is 2. The predicted molar refractivity (Wildman–Crippen MR) is 118 cm³/mol. The minimum Gasteiger partial charge on any atom is -0.493 e. The van der Waals surface area contributed by atoms with Gasteiger partial charge in [-0.3, -0.25) is 9.59 Å². The molecule has 0 unspecified atom stereocenters. The first-order valence-electron chi connectivity index (χ1n) is 9.52. The number of methoxy groups -OCH3 is 1. The van der Waals surface area contributed by atoms with Gasteiger partial charge in [0.15, 0.2) is 11.5 Å². The van der Waals surface area contributed by atoms with Gasteiger partial charge in [0.05, 0.1) is 13.7 Å². The number of hydrogen-bond donors (Lipinski definition) is 1. The van der Waals surface area contributed by atoms with E-state index in [0.717, 1.165) is 16.7 Å². The fourth-order valence-electron chi connectivity index (χ4n) is 3.15. The number of nitrogens with zero attached hydrogens (tertiary/aromatic N) is 2. The van der Waals surface area contributed by atoms with Crippen LogP contribution in [0.15, 0.2) is 36.5 Å². The number of para-hydroxylation sites is 1. The zero-order valence-electron chi connectivity index (χ0n) is 17.3. The smallest absolute Gasteiger partial charge is 0.246 e. The van der Waals surface area contributed by atoms with E-state index in [9.17, 15) is 9.59 Å². The maximum atomic E-state index is 12.6. The number of benzene rings is 1. The Hall–Kier alpha value is -3.06. The number of anilines is 1. The quantitative estimate of drug-likeness (QED) is 0.679. The second-order valence-corrected chi connectivity index (χ2v) is 6.73. The number of fused-ring (bicyclic) bond motifs is 1. The van der Waals surface area contributed by atoms with E-state index in [1.54, 1.807) is 31.3 Å². The van der Waals surface area contributed by atoms with Gasteiger partial charge in [0.2, 0.25) is 11.8 Å². The molecule has 0 fully saturated rings. The highest BCUT2D eigenvalue weighted by molar-refractivity contribution is 5.93. The number of nitrogens with one attached hydrogen (secondary N) is 1. The Balaban J connectivity index is 0.00000320. The van der Waals surface area contributed by atoms with Crippen molar-refractivity contribution in [3.8, 4) is 11.5 Å². The average molecular weight is 432 g/mol. The number of ether oxygens (including phenoxy) is 2. The fourth-order valence-corrected chi connectivity index (χ4v) is 3.15. The number of hydrogen-bond acceptors (Lipinski definition) is 5. The van der Waals surface area contributed by atoms with Crippen LogP contribution in [0.1, 0.15) is 30.0 Å². The van der Waals surface area contributed by atoms with Crippen LogP contribution in [0.4, 0.5) is 5.82 Å². The second-order valence-electron chi connectivity index (χ2n) is 6.73. The number of rotatable bonds is 7. The molecule has 30 heavy (non-hydrogen) atoms. The lowest BCUT2D eigenvalue weighted by Crippen LogP contribution is -2.24. The number of amides is 2. The van der Waals surface area contributed by atoms with E-state index in [4.69, 9.17) is 9.47 Å². The summed E-state index contributed by atoms with van der Waals surface area (Å²) in [6, 6.07) is 7.58. The molecule has 160 valence electrons. The highest BCUT2D eigenvalue weighted by Crippen LogP contribution is 2.31. The first kappa shape index (κ1) is 23.2. The topological polar surface area (TPSA) is 80.8 Å². The molecule has 0 atom stereocenters. The van der Waals surface area contributed by atoms with E-state index in [1.165, 1.54) is 6.08 Å². The summed E-state index contributed by atoms with van der Waals surface area (Å²) in [7, 11) is 3.33. The molecule has 1 aliphatic heterocycles. The van der Waals surface area contributed by atoms with Gasteiger partial charge in [-0.25, -0.2) is 4.98 Å². The minimum atomic E-state index is -0.138. The molecule has 1 N–H and O–H groups in total. The van der Waals surface area contributed by atoms with Crippen LogP contribution in [-0.4, -0.2) is 42.5 Å². The van der Waals surface area contributed by atoms with Crippen LogP contribution < -0.4 is 14.8 Å². The third kappa shape index (κ3) is 5.51. The third-order valence-corrected chi connectivity index (χ3v) is 4.64. The molecule has 7 nitrogen and oxygen atoms in total. The van der Waals surface area contributed by atoms with E-state index in [-0.39, 0.29) is 24.2 Å². The lowest BCUT2D eigenvalue weighted by molar-refractivity contribution is -0.125. The molecule has 0 spiro atoms. The van der Waals surface area contributed by atoms with Gasteiger partial charge in [0.25, 0.3) is 0 Å². The van der Waals surface area contributed by atoms with Gasteiger partial charge < -0.3 is 19.7 Å². The highest BCUT2D eigenvalue weighted by atomic mass is 35.5. The van der Waals surface area contributed by atoms with Crippen LogP contribution in [0.5, 0.6) is 11.5 Å². The van der Waals surface area contributed by atoms with Crippen molar-refractivity contribution in [3.63, 3.8) is 0 Å². The summed E-state index contributed by atoms with van der Waals surface area (Å²) >= 11 is 0. The van der Waals surface area contributed by atoms with Gasteiger partial charge in [-0.05, 0) is 42.7 Å². The lowest BCUT2D eigenvalue weighted by atomic mass is 10.0. The van der Waals surface area contributed by atoms with Crippen molar-refractivity contribution in [2.24, 2.45) is 0 Å². The number of likely N-dealkylation sites (N-methyl/N-ethyl adjacent to an activating group) is 1. The molecule has 1 aromatic heterocycles. The van der Waals surface area contributed by atoms with Crippen molar-refractivity contribution in [2.45, 2.75) is 26.3 Å². The maximum Gasteiger partial charge on any atom is 0.246 e. The number of aromatic nitrogens is 1. The minimum absolute atomic E-state index is 0. The van der Waals surface area contributed by atoms with Crippen molar-refractivity contribution in [2.75, 3.05) is 26.1 Å². The standard InChI is InChI=1S/C22H25N3O4.ClH/c1-4-29-21-17(6-5-7-18(21)28-3)14-25(2)20(27)11-8-15-12-16-9-10-19(26)24-22(16)23-13-15;/h5-8,11-13H,4,9-10,14H2,1-3H3,(H,23,24,26);1H/b11-8+;. The Morgan fingerprint density at radius 2 is 2.13 bits per heavy atom. The van der Waals surface area contributed by atoms with Crippen molar-refractivity contribution in [1.82, 2.24) is 9.88 Å². The summed E-state index contributed by atoms with van der Waals surface area (Å²) in [5.74, 6) is 1.74. The molecular formula is C22H26ClN3O4. The SMILES string of the molecule is CCOc1c(CN(C)C(=O)/C=C/c2cnc3c(c2)CCC(=O)N3)cccc1OC.Cl. The number of halogens is 1. The van der Waals surface area contributed by atoms with Crippen LogP contribution >= 0.6 is 12.4 Å². The zero-order valence-corrected chi connectivity index (χ0v) is 18.1. The molecule has 0 saturated heterocycles. The summed E-state index contributed by atoms with van der Waals surface area (Å²) in [6.45, 7) is 2.81. The molecule has 8 heteroatoms. The molecule has 0 saturated carbocycles. The summed E-state index contributed by atoms with van der Waals surface area (Å²) in [4.78, 5) is 29.9. The fraction of sp³-hybridized carbons (Fsp3) is 0.318. The Labute approximate surface area is 182 Å². The van der Waals surface area contributed by atoms with E-state index < -0.39 is 0 Å². The number of carbonyl (C=O) groups is 2. The molecule has 0 aliphatic carbocycles. The van der Waals surface area contributed by atoms with Gasteiger partial charge in [-0.2, -0.15) is 0 Å². The van der Waals surface area contributed by atoms with Gasteiger partial charge in [-0.1, -0.05) is 12.1 Å². The number of pyridine rings is 1. The normalized spacial score (nSPS) is 12.6. The zero-order chi connectivity index (χ0) is 20.8. The Bertz CT molecular complexity index is 946. The third-order valence-electron chi connectivity index (χ3n) is 4.64. The second kappa shape index (κ2) is 10.6. The van der Waals surface area contributed by atoms with Gasteiger partial charge in [0.1, 0.15) is 5.82 Å². The highest BCUT2D eigenvalue weighted by Gasteiger charge is 2.16. The summed E-state index contributed by atoms with van der Waals surface area (Å²) < 4.78 is 11.1. The Morgan fingerprint density at radius 3 is 2.87 bits per heavy atom. The summed E-state index contributed by atoms with van der Waals surface area (Å²) in [5, 5.41) is 2.75. The van der Waals surface area contributed by atoms with Crippen LogP contribution in [0.25, 0.3) is 6.08 Å². The molecule has 1 aliphatic rings. The molecule has 2 aromatic rings. The van der Waals surface area contributed by atoms with Crippen LogP contribution in [0, 0.1) is 0 Å². The molecule has 0 bridgehead atoms. The van der Waals surface area contributed by atoms with Crippen molar-refractivity contribution < 1.29 is 19.1 Å². The lowest BCUT2D eigenvalue weighted by Gasteiger charge is -2.19. The van der Waals surface area contributed by atoms with E-state index in [0.29, 0.717) is 43.3 Å². The largest absolute Gasteiger partial charge is 0.493 e. The Kier molecular flexibility index (Phi) is 8.24. The van der Waals surface area contributed by atoms with Crippen LogP contribution in [0.3, 0.4) is 0 Å². The van der Waals surface area contributed by atoms with Crippen LogP contribution in [0.2, 0.25) is 0 Å². The molecule has 0 radical (unpaired) electrons. The maximum absolute atomic E-state index is 12.6. The van der Waals surface area contributed by atoms with Gasteiger partial charge in [-0.15, -0.1) is 12.4 Å².